The van der Waals surface area contributed by atoms with Crippen LogP contribution in [0.2, 0.25) is 45.2 Å². The van der Waals surface area contributed by atoms with Gasteiger partial charge in [-0.2, -0.15) is 0 Å². The first-order valence-corrected chi connectivity index (χ1v) is 12.5. The molecule has 0 saturated carbocycles. The van der Waals surface area contributed by atoms with Gasteiger partial charge in [0.05, 0.1) is 45.2 Å². The Morgan fingerprint density at radius 3 is 0.848 bits per heavy atom. The monoisotopic (exact) mass is 614 g/mol. The third kappa shape index (κ3) is 7.01. The van der Waals surface area contributed by atoms with Gasteiger partial charge in [0.2, 0.25) is 0 Å². The summed E-state index contributed by atoms with van der Waals surface area (Å²) in [6.07, 6.45) is 0. The van der Waals surface area contributed by atoms with Crippen LogP contribution in [0.5, 0.6) is 0 Å². The lowest BCUT2D eigenvalue weighted by molar-refractivity contribution is 1.61. The number of hydrogen-bond acceptors (Lipinski definition) is 0. The van der Waals surface area contributed by atoms with Crippen LogP contribution in [0.1, 0.15) is 0 Å². The highest BCUT2D eigenvalue weighted by Gasteiger charge is 2.09. The quantitative estimate of drug-likeness (QED) is 0.196. The van der Waals surface area contributed by atoms with Crippen molar-refractivity contribution in [2.45, 2.75) is 0 Å². The molecule has 0 aliphatic rings. The summed E-state index contributed by atoms with van der Waals surface area (Å²) in [5.74, 6) is 0. The van der Waals surface area contributed by atoms with Crippen LogP contribution in [0.3, 0.4) is 0 Å². The zero-order chi connectivity index (χ0) is 24.3. The molecule has 0 bridgehead atoms. The first-order valence-electron chi connectivity index (χ1n) is 9.07. The van der Waals surface area contributed by atoms with Crippen molar-refractivity contribution >= 4 is 104 Å². The molecule has 4 rings (SSSR count). The average molecular weight is 618 g/mol. The number of rotatable bonds is 2. The molecule has 0 radical (unpaired) electrons. The largest absolute Gasteiger partial charge is 0.0827 e. The highest BCUT2D eigenvalue weighted by atomic mass is 35.5. The van der Waals surface area contributed by atoms with Gasteiger partial charge in [-0.15, -0.1) is 0 Å². The lowest BCUT2D eigenvalue weighted by Gasteiger charge is -2.06. The number of hydrogen-bond donors (Lipinski definition) is 0. The summed E-state index contributed by atoms with van der Waals surface area (Å²) in [4.78, 5) is 0. The number of halogens is 9. The van der Waals surface area contributed by atoms with Gasteiger partial charge in [-0.25, -0.2) is 0 Å². The van der Waals surface area contributed by atoms with Gasteiger partial charge >= 0.3 is 0 Å². The first kappa shape index (κ1) is 27.1. The van der Waals surface area contributed by atoms with E-state index in [-0.39, 0.29) is 0 Å². The summed E-state index contributed by atoms with van der Waals surface area (Å²) in [6.45, 7) is 0. The topological polar surface area (TPSA) is 0 Å². The maximum atomic E-state index is 5.96. The average Bonchev–Trinajstić information content (AvgIpc) is 2.78. The summed E-state index contributed by atoms with van der Waals surface area (Å²) in [5, 5.41) is 4.23. The zero-order valence-electron chi connectivity index (χ0n) is 16.3. The van der Waals surface area contributed by atoms with E-state index in [0.29, 0.717) is 45.2 Å². The molecule has 4 aromatic rings. The molecule has 0 fully saturated rings. The molecule has 4 aromatic carbocycles. The van der Waals surface area contributed by atoms with Crippen molar-refractivity contribution in [1.82, 2.24) is 0 Å². The Hall–Kier alpha value is -0.510. The van der Waals surface area contributed by atoms with Crippen molar-refractivity contribution in [3.05, 3.63) is 112 Å². The zero-order valence-corrected chi connectivity index (χ0v) is 23.1. The van der Waals surface area contributed by atoms with Crippen LogP contribution in [0.4, 0.5) is 0 Å². The molecule has 0 amide bonds. The molecular weight excluding hydrogens is 607 g/mol. The van der Waals surface area contributed by atoms with E-state index in [9.17, 15) is 0 Å². The predicted octanol–water partition coefficient (Wildman–Crippen LogP) is 12.6. The van der Waals surface area contributed by atoms with Crippen LogP contribution >= 0.6 is 104 Å². The SMILES string of the molecule is Clc1ccc(-c2cc(Cl)c(Cl)c(Cl)c2)cc1Cl.Clc1ccc(-c2ccc(Cl)c(Cl)c2)cc1Cl. The molecule has 0 aromatic heterocycles. The molecule has 0 nitrogen and oxygen atoms in total. The molecule has 0 N–H and O–H groups in total. The Bertz CT molecular complexity index is 1240. The molecule has 0 spiro atoms. The van der Waals surface area contributed by atoms with Crippen molar-refractivity contribution in [2.75, 3.05) is 0 Å². The second-order valence-corrected chi connectivity index (χ2v) is 10.3. The van der Waals surface area contributed by atoms with E-state index in [2.05, 4.69) is 0 Å². The van der Waals surface area contributed by atoms with E-state index in [1.54, 1.807) is 48.5 Å². The fourth-order valence-electron chi connectivity index (χ4n) is 2.75. The third-order valence-corrected chi connectivity index (χ3v) is 7.82. The van der Waals surface area contributed by atoms with E-state index in [1.165, 1.54) is 0 Å². The fraction of sp³-hybridized carbons (Fsp3) is 0. The lowest BCUT2D eigenvalue weighted by Crippen LogP contribution is -1.81. The standard InChI is InChI=1S/C12H5Cl5.C12H6Cl4/c13-8-2-1-6(3-9(8)14)7-4-10(15)12(17)11(16)5-7;13-9-3-1-7(5-11(9)15)8-2-4-10(14)12(16)6-8/h1-5H;1-6H. The number of benzene rings is 4. The maximum Gasteiger partial charge on any atom is 0.0778 e. The first-order chi connectivity index (χ1) is 15.6. The minimum Gasteiger partial charge on any atom is -0.0827 e. The summed E-state index contributed by atoms with van der Waals surface area (Å²) >= 11 is 53.2. The minimum absolute atomic E-state index is 0.345. The van der Waals surface area contributed by atoms with E-state index in [0.717, 1.165) is 22.3 Å². The van der Waals surface area contributed by atoms with Crippen LogP contribution in [-0.4, -0.2) is 0 Å². The highest BCUT2D eigenvalue weighted by molar-refractivity contribution is 6.48. The van der Waals surface area contributed by atoms with Gasteiger partial charge in [-0.05, 0) is 70.8 Å². The summed E-state index contributed by atoms with van der Waals surface area (Å²) < 4.78 is 0. The minimum atomic E-state index is 0.345. The highest BCUT2D eigenvalue weighted by Crippen LogP contribution is 2.37. The third-order valence-electron chi connectivity index (χ3n) is 4.41. The van der Waals surface area contributed by atoms with Crippen LogP contribution in [0.15, 0.2) is 66.7 Å². The Morgan fingerprint density at radius 1 is 0.273 bits per heavy atom. The summed E-state index contributed by atoms with van der Waals surface area (Å²) in [5.41, 5.74) is 3.61. The van der Waals surface area contributed by atoms with Crippen molar-refractivity contribution in [2.24, 2.45) is 0 Å². The van der Waals surface area contributed by atoms with E-state index in [1.807, 2.05) is 18.2 Å². The van der Waals surface area contributed by atoms with E-state index in [4.69, 9.17) is 104 Å². The van der Waals surface area contributed by atoms with Crippen LogP contribution in [0.25, 0.3) is 22.3 Å². The molecule has 0 unspecified atom stereocenters. The lowest BCUT2D eigenvalue weighted by atomic mass is 10.1. The van der Waals surface area contributed by atoms with Crippen molar-refractivity contribution < 1.29 is 0 Å². The molecule has 0 aliphatic heterocycles. The molecule has 9 heteroatoms. The van der Waals surface area contributed by atoms with Gasteiger partial charge in [-0.3, -0.25) is 0 Å². The normalized spacial score (nSPS) is 10.6. The van der Waals surface area contributed by atoms with Gasteiger partial charge in [0.1, 0.15) is 0 Å². The van der Waals surface area contributed by atoms with Gasteiger partial charge in [0.25, 0.3) is 0 Å². The van der Waals surface area contributed by atoms with Crippen LogP contribution in [-0.2, 0) is 0 Å². The van der Waals surface area contributed by atoms with Gasteiger partial charge in [-0.1, -0.05) is 123 Å². The van der Waals surface area contributed by atoms with E-state index < -0.39 is 0 Å². The van der Waals surface area contributed by atoms with Gasteiger partial charge in [0.15, 0.2) is 0 Å². The molecule has 170 valence electrons. The van der Waals surface area contributed by atoms with Crippen molar-refractivity contribution in [3.8, 4) is 22.3 Å². The summed E-state index contributed by atoms with van der Waals surface area (Å²) in [6, 6.07) is 19.6. The van der Waals surface area contributed by atoms with Gasteiger partial charge in [0, 0.05) is 0 Å². The molecule has 0 heterocycles. The van der Waals surface area contributed by atoms with Crippen LogP contribution in [0, 0.1) is 0 Å². The summed E-state index contributed by atoms with van der Waals surface area (Å²) in [7, 11) is 0. The molecule has 0 atom stereocenters. The van der Waals surface area contributed by atoms with Crippen molar-refractivity contribution in [3.63, 3.8) is 0 Å². The molecule has 0 saturated heterocycles. The van der Waals surface area contributed by atoms with Crippen LogP contribution < -0.4 is 0 Å². The Morgan fingerprint density at radius 2 is 0.545 bits per heavy atom. The van der Waals surface area contributed by atoms with Gasteiger partial charge < -0.3 is 0 Å². The Balaban J connectivity index is 0.000000186. The smallest absolute Gasteiger partial charge is 0.0778 e. The Labute approximate surface area is 236 Å². The second kappa shape index (κ2) is 12.0. The fourth-order valence-corrected chi connectivity index (χ4v) is 4.24. The molecular formula is C24H11Cl9. The molecule has 0 aliphatic carbocycles. The molecule has 33 heavy (non-hydrogen) atoms. The Kier molecular flexibility index (Phi) is 9.81. The second-order valence-electron chi connectivity index (χ2n) is 6.64. The van der Waals surface area contributed by atoms with Crippen molar-refractivity contribution in [1.29, 1.82) is 0 Å². The van der Waals surface area contributed by atoms with E-state index >= 15 is 0 Å². The maximum absolute atomic E-state index is 5.96. The predicted molar refractivity (Wildman–Crippen MR) is 149 cm³/mol.